The van der Waals surface area contributed by atoms with Crippen molar-refractivity contribution in [3.8, 4) is 11.1 Å². The van der Waals surface area contributed by atoms with Gasteiger partial charge in [-0.15, -0.1) is 0 Å². The van der Waals surface area contributed by atoms with Gasteiger partial charge >= 0.3 is 0 Å². The molecule has 0 radical (unpaired) electrons. The number of carbonyl (C=O) groups excluding carboxylic acids is 1. The Labute approximate surface area is 159 Å². The van der Waals surface area contributed by atoms with Gasteiger partial charge in [-0.25, -0.2) is 4.98 Å². The molecule has 4 rings (SSSR count). The van der Waals surface area contributed by atoms with Crippen LogP contribution in [0.4, 0.5) is 5.82 Å². The second-order valence-electron chi connectivity index (χ2n) is 7.98. The van der Waals surface area contributed by atoms with Gasteiger partial charge in [-0.05, 0) is 73.4 Å². The molecule has 1 aliphatic rings. The van der Waals surface area contributed by atoms with E-state index in [0.717, 1.165) is 45.9 Å². The second-order valence-corrected chi connectivity index (χ2v) is 7.98. The molecule has 0 spiro atoms. The number of benzene rings is 2. The fourth-order valence-electron chi connectivity index (χ4n) is 3.32. The molecule has 1 aliphatic carbocycles. The molecule has 1 heterocycles. The maximum atomic E-state index is 11.9. The molecule has 0 atom stereocenters. The highest BCUT2D eigenvalue weighted by Crippen LogP contribution is 2.32. The number of anilines is 1. The van der Waals surface area contributed by atoms with Crippen molar-refractivity contribution in [1.29, 1.82) is 0 Å². The minimum absolute atomic E-state index is 0.0704. The van der Waals surface area contributed by atoms with Crippen LogP contribution in [0.5, 0.6) is 0 Å². The van der Waals surface area contributed by atoms with Gasteiger partial charge in [0.25, 0.3) is 0 Å². The Balaban J connectivity index is 1.64. The van der Waals surface area contributed by atoms with E-state index in [1.165, 1.54) is 0 Å². The van der Waals surface area contributed by atoms with Crippen molar-refractivity contribution >= 4 is 22.5 Å². The van der Waals surface area contributed by atoms with Gasteiger partial charge in [-0.3, -0.25) is 4.79 Å². The standard InChI is InChI=1S/C23H24N2O2/c1-14-10-19(23(2,3)27)8-9-20(14)17-7-6-16-12-21(24-13-18(16)11-17)25-22(26)15-4-5-15/h6-13,15,27H,4-5H2,1-3H3,(H,24,25,26). The monoisotopic (exact) mass is 360 g/mol. The summed E-state index contributed by atoms with van der Waals surface area (Å²) in [6.07, 6.45) is 3.77. The van der Waals surface area contributed by atoms with Gasteiger partial charge in [-0.2, -0.15) is 0 Å². The number of rotatable bonds is 4. The molecule has 4 nitrogen and oxygen atoms in total. The largest absolute Gasteiger partial charge is 0.386 e. The first-order valence-corrected chi connectivity index (χ1v) is 9.36. The zero-order valence-electron chi connectivity index (χ0n) is 15.9. The molecule has 138 valence electrons. The predicted octanol–water partition coefficient (Wildman–Crippen LogP) is 4.79. The molecule has 0 aliphatic heterocycles. The fraction of sp³-hybridized carbons (Fsp3) is 0.304. The van der Waals surface area contributed by atoms with Crippen molar-refractivity contribution in [2.75, 3.05) is 5.32 Å². The molecular weight excluding hydrogens is 336 g/mol. The van der Waals surface area contributed by atoms with Gasteiger partial charge in [0.1, 0.15) is 5.82 Å². The molecule has 4 heteroatoms. The number of aromatic nitrogens is 1. The molecule has 1 aromatic heterocycles. The highest BCUT2D eigenvalue weighted by molar-refractivity contribution is 5.96. The van der Waals surface area contributed by atoms with E-state index in [1.807, 2.05) is 24.4 Å². The van der Waals surface area contributed by atoms with Gasteiger partial charge in [0.05, 0.1) is 5.60 Å². The summed E-state index contributed by atoms with van der Waals surface area (Å²) in [6, 6.07) is 14.2. The van der Waals surface area contributed by atoms with Gasteiger partial charge in [-0.1, -0.05) is 30.3 Å². The lowest BCUT2D eigenvalue weighted by molar-refractivity contribution is -0.117. The molecule has 27 heavy (non-hydrogen) atoms. The van der Waals surface area contributed by atoms with Gasteiger partial charge in [0.15, 0.2) is 0 Å². The molecule has 1 saturated carbocycles. The second kappa shape index (κ2) is 6.46. The SMILES string of the molecule is Cc1cc(C(C)(C)O)ccc1-c1ccc2cc(NC(=O)C3CC3)ncc2c1. The first-order chi connectivity index (χ1) is 12.8. The minimum Gasteiger partial charge on any atom is -0.386 e. The van der Waals surface area contributed by atoms with Crippen LogP contribution in [0.15, 0.2) is 48.7 Å². The lowest BCUT2D eigenvalue weighted by Gasteiger charge is -2.19. The van der Waals surface area contributed by atoms with Crippen LogP contribution < -0.4 is 5.32 Å². The van der Waals surface area contributed by atoms with Crippen LogP contribution in [0.2, 0.25) is 0 Å². The molecule has 0 unspecified atom stereocenters. The summed E-state index contributed by atoms with van der Waals surface area (Å²) in [6.45, 7) is 5.65. The third kappa shape index (κ3) is 3.71. The minimum atomic E-state index is -0.849. The van der Waals surface area contributed by atoms with E-state index >= 15 is 0 Å². The molecule has 2 aromatic carbocycles. The zero-order chi connectivity index (χ0) is 19.2. The van der Waals surface area contributed by atoms with Gasteiger partial charge in [0, 0.05) is 17.5 Å². The van der Waals surface area contributed by atoms with E-state index in [9.17, 15) is 9.90 Å². The summed E-state index contributed by atoms with van der Waals surface area (Å²) < 4.78 is 0. The quantitative estimate of drug-likeness (QED) is 0.703. The number of hydrogen-bond acceptors (Lipinski definition) is 3. The molecule has 0 saturated heterocycles. The topological polar surface area (TPSA) is 62.2 Å². The number of aryl methyl sites for hydroxylation is 1. The number of pyridine rings is 1. The summed E-state index contributed by atoms with van der Waals surface area (Å²) >= 11 is 0. The van der Waals surface area contributed by atoms with Crippen molar-refractivity contribution in [3.05, 3.63) is 59.8 Å². The summed E-state index contributed by atoms with van der Waals surface area (Å²) in [7, 11) is 0. The Hall–Kier alpha value is -2.72. The number of fused-ring (bicyclic) bond motifs is 1. The Bertz CT molecular complexity index is 1030. The van der Waals surface area contributed by atoms with Crippen LogP contribution in [0.3, 0.4) is 0 Å². The average Bonchev–Trinajstić information content (AvgIpc) is 3.45. The summed E-state index contributed by atoms with van der Waals surface area (Å²) in [4.78, 5) is 16.3. The summed E-state index contributed by atoms with van der Waals surface area (Å²) in [5.74, 6) is 0.846. The zero-order valence-corrected chi connectivity index (χ0v) is 15.9. The van der Waals surface area contributed by atoms with Crippen LogP contribution in [0, 0.1) is 12.8 Å². The molecule has 0 bridgehead atoms. The molecule has 1 fully saturated rings. The first-order valence-electron chi connectivity index (χ1n) is 9.36. The van der Waals surface area contributed by atoms with Crippen LogP contribution in [-0.4, -0.2) is 16.0 Å². The number of aliphatic hydroxyl groups is 1. The maximum Gasteiger partial charge on any atom is 0.228 e. The van der Waals surface area contributed by atoms with Crippen molar-refractivity contribution < 1.29 is 9.90 Å². The number of amides is 1. The van der Waals surface area contributed by atoms with E-state index in [1.54, 1.807) is 13.8 Å². The number of nitrogens with one attached hydrogen (secondary N) is 1. The van der Waals surface area contributed by atoms with Crippen molar-refractivity contribution in [3.63, 3.8) is 0 Å². The third-order valence-corrected chi connectivity index (χ3v) is 5.17. The summed E-state index contributed by atoms with van der Waals surface area (Å²) in [5.41, 5.74) is 3.42. The van der Waals surface area contributed by atoms with Crippen LogP contribution >= 0.6 is 0 Å². The lowest BCUT2D eigenvalue weighted by Crippen LogP contribution is -2.15. The highest BCUT2D eigenvalue weighted by atomic mass is 16.3. The Morgan fingerprint density at radius 1 is 1.11 bits per heavy atom. The number of carbonyl (C=O) groups is 1. The van der Waals surface area contributed by atoms with Gasteiger partial charge in [0.2, 0.25) is 5.91 Å². The van der Waals surface area contributed by atoms with Gasteiger partial charge < -0.3 is 10.4 Å². The first kappa shape index (κ1) is 17.7. The third-order valence-electron chi connectivity index (χ3n) is 5.17. The molecule has 3 aromatic rings. The Morgan fingerprint density at radius 3 is 2.56 bits per heavy atom. The predicted molar refractivity (Wildman–Crippen MR) is 109 cm³/mol. The van der Waals surface area contributed by atoms with Crippen LogP contribution in [0.1, 0.15) is 37.8 Å². The highest BCUT2D eigenvalue weighted by Gasteiger charge is 2.29. The van der Waals surface area contributed by atoms with E-state index < -0.39 is 5.60 Å². The number of hydrogen-bond donors (Lipinski definition) is 2. The van der Waals surface area contributed by atoms with E-state index in [0.29, 0.717) is 5.82 Å². The molecular formula is C23H24N2O2. The smallest absolute Gasteiger partial charge is 0.228 e. The number of nitrogens with zero attached hydrogens (tertiary/aromatic N) is 1. The van der Waals surface area contributed by atoms with Crippen LogP contribution in [-0.2, 0) is 10.4 Å². The molecule has 2 N–H and O–H groups in total. The van der Waals surface area contributed by atoms with E-state index in [-0.39, 0.29) is 11.8 Å². The molecule has 1 amide bonds. The fourth-order valence-corrected chi connectivity index (χ4v) is 3.32. The van der Waals surface area contributed by atoms with E-state index in [2.05, 4.69) is 41.5 Å². The maximum absolute atomic E-state index is 11.9. The van der Waals surface area contributed by atoms with E-state index in [4.69, 9.17) is 0 Å². The summed E-state index contributed by atoms with van der Waals surface area (Å²) in [5, 5.41) is 15.2. The van der Waals surface area contributed by atoms with Crippen molar-refractivity contribution in [2.24, 2.45) is 5.92 Å². The lowest BCUT2D eigenvalue weighted by atomic mass is 9.91. The van der Waals surface area contributed by atoms with Crippen LogP contribution in [0.25, 0.3) is 21.9 Å². The Kier molecular flexibility index (Phi) is 4.23. The van der Waals surface area contributed by atoms with Crippen molar-refractivity contribution in [2.45, 2.75) is 39.2 Å². The normalized spacial score (nSPS) is 14.4. The Morgan fingerprint density at radius 2 is 1.89 bits per heavy atom. The average molecular weight is 360 g/mol. The van der Waals surface area contributed by atoms with Crippen molar-refractivity contribution in [1.82, 2.24) is 4.98 Å².